The average molecular weight is 168 g/mol. The first-order valence-electron chi connectivity index (χ1n) is 4.18. The van der Waals surface area contributed by atoms with Crippen LogP contribution in [0.4, 0.5) is 0 Å². The molecule has 1 aromatic rings. The fourth-order valence-corrected chi connectivity index (χ4v) is 1.14. The lowest BCUT2D eigenvalue weighted by Gasteiger charge is -2.13. The van der Waals surface area contributed by atoms with Crippen molar-refractivity contribution in [2.75, 3.05) is 12.0 Å². The molecule has 1 aromatic heterocycles. The Morgan fingerprint density at radius 3 is 2.33 bits per heavy atom. The SMILES string of the molecule is Cc1ccc(C)n1NCC(C)O. The maximum absolute atomic E-state index is 9.06. The highest BCUT2D eigenvalue weighted by atomic mass is 16.3. The van der Waals surface area contributed by atoms with Gasteiger partial charge >= 0.3 is 0 Å². The van der Waals surface area contributed by atoms with E-state index in [1.807, 2.05) is 30.7 Å². The molecule has 0 amide bonds. The van der Waals surface area contributed by atoms with Gasteiger partial charge < -0.3 is 10.5 Å². The molecule has 0 aliphatic heterocycles. The Morgan fingerprint density at radius 1 is 1.42 bits per heavy atom. The summed E-state index contributed by atoms with van der Waals surface area (Å²) in [6.07, 6.45) is -0.314. The standard InChI is InChI=1S/C9H16N2O/c1-7-4-5-8(2)11(7)10-6-9(3)12/h4-5,9-10,12H,6H2,1-3H3. The normalized spacial score (nSPS) is 13.0. The van der Waals surface area contributed by atoms with E-state index in [1.54, 1.807) is 6.92 Å². The number of rotatable bonds is 3. The van der Waals surface area contributed by atoms with Gasteiger partial charge in [-0.25, -0.2) is 0 Å². The molecule has 3 nitrogen and oxygen atoms in total. The van der Waals surface area contributed by atoms with Gasteiger partial charge in [0.1, 0.15) is 0 Å². The fourth-order valence-electron chi connectivity index (χ4n) is 1.14. The molecule has 1 heterocycles. The number of aliphatic hydroxyl groups is 1. The molecule has 0 radical (unpaired) electrons. The van der Waals surface area contributed by atoms with E-state index in [2.05, 4.69) is 5.43 Å². The summed E-state index contributed by atoms with van der Waals surface area (Å²) in [6, 6.07) is 4.09. The second kappa shape index (κ2) is 3.63. The lowest BCUT2D eigenvalue weighted by Crippen LogP contribution is -2.25. The van der Waals surface area contributed by atoms with E-state index in [-0.39, 0.29) is 6.10 Å². The van der Waals surface area contributed by atoms with E-state index in [1.165, 1.54) is 0 Å². The maximum Gasteiger partial charge on any atom is 0.0700 e. The fraction of sp³-hybridized carbons (Fsp3) is 0.556. The molecule has 3 heteroatoms. The van der Waals surface area contributed by atoms with E-state index in [9.17, 15) is 0 Å². The van der Waals surface area contributed by atoms with E-state index in [0.717, 1.165) is 11.4 Å². The van der Waals surface area contributed by atoms with Gasteiger partial charge in [-0.2, -0.15) is 0 Å². The van der Waals surface area contributed by atoms with Gasteiger partial charge in [0, 0.05) is 11.4 Å². The van der Waals surface area contributed by atoms with Crippen LogP contribution in [0.1, 0.15) is 18.3 Å². The van der Waals surface area contributed by atoms with Gasteiger partial charge in [0.05, 0.1) is 12.6 Å². The lowest BCUT2D eigenvalue weighted by atomic mass is 10.4. The van der Waals surface area contributed by atoms with Crippen LogP contribution in [0, 0.1) is 13.8 Å². The zero-order valence-corrected chi connectivity index (χ0v) is 7.83. The van der Waals surface area contributed by atoms with E-state index < -0.39 is 0 Å². The highest BCUT2D eigenvalue weighted by Gasteiger charge is 2.00. The third-order valence-electron chi connectivity index (χ3n) is 1.82. The largest absolute Gasteiger partial charge is 0.392 e. The second-order valence-electron chi connectivity index (χ2n) is 3.16. The predicted octanol–water partition coefficient (Wildman–Crippen LogP) is 1.03. The Labute approximate surface area is 73.0 Å². The molecule has 0 aliphatic carbocycles. The third-order valence-corrected chi connectivity index (χ3v) is 1.82. The number of hydrogen-bond donors (Lipinski definition) is 2. The Bertz CT molecular complexity index is 234. The van der Waals surface area contributed by atoms with Crippen LogP contribution in [0.15, 0.2) is 12.1 Å². The Morgan fingerprint density at radius 2 is 1.92 bits per heavy atom. The molecule has 68 valence electrons. The number of hydrogen-bond acceptors (Lipinski definition) is 2. The van der Waals surface area contributed by atoms with E-state index in [4.69, 9.17) is 5.11 Å². The van der Waals surface area contributed by atoms with Gasteiger partial charge in [-0.3, -0.25) is 4.68 Å². The topological polar surface area (TPSA) is 37.2 Å². The van der Waals surface area contributed by atoms with E-state index >= 15 is 0 Å². The summed E-state index contributed by atoms with van der Waals surface area (Å²) < 4.78 is 1.98. The van der Waals surface area contributed by atoms with Crippen molar-refractivity contribution in [3.05, 3.63) is 23.5 Å². The summed E-state index contributed by atoms with van der Waals surface area (Å²) >= 11 is 0. The molecule has 0 fully saturated rings. The zero-order valence-electron chi connectivity index (χ0n) is 7.83. The van der Waals surface area contributed by atoms with Crippen LogP contribution >= 0.6 is 0 Å². The minimum absolute atomic E-state index is 0.314. The number of aromatic nitrogens is 1. The van der Waals surface area contributed by atoms with Crippen molar-refractivity contribution in [1.29, 1.82) is 0 Å². The van der Waals surface area contributed by atoms with Crippen molar-refractivity contribution < 1.29 is 5.11 Å². The highest BCUT2D eigenvalue weighted by Crippen LogP contribution is 2.03. The zero-order chi connectivity index (χ0) is 9.14. The molecule has 0 aromatic carbocycles. The quantitative estimate of drug-likeness (QED) is 0.707. The minimum Gasteiger partial charge on any atom is -0.392 e. The molecule has 1 atom stereocenters. The van der Waals surface area contributed by atoms with E-state index in [0.29, 0.717) is 6.54 Å². The second-order valence-corrected chi connectivity index (χ2v) is 3.16. The van der Waals surface area contributed by atoms with Crippen LogP contribution < -0.4 is 5.43 Å². The van der Waals surface area contributed by atoms with Gasteiger partial charge in [-0.15, -0.1) is 0 Å². The van der Waals surface area contributed by atoms with Crippen molar-refractivity contribution in [3.8, 4) is 0 Å². The van der Waals surface area contributed by atoms with Gasteiger partial charge in [0.2, 0.25) is 0 Å². The van der Waals surface area contributed by atoms with Crippen molar-refractivity contribution >= 4 is 0 Å². The Hall–Kier alpha value is -0.960. The van der Waals surface area contributed by atoms with Gasteiger partial charge in [-0.05, 0) is 32.9 Å². The van der Waals surface area contributed by atoms with Gasteiger partial charge in [0.25, 0.3) is 0 Å². The molecule has 2 N–H and O–H groups in total. The average Bonchev–Trinajstić information content (AvgIpc) is 2.28. The number of aliphatic hydroxyl groups excluding tert-OH is 1. The third kappa shape index (κ3) is 2.01. The Balaban J connectivity index is 2.62. The highest BCUT2D eigenvalue weighted by molar-refractivity contribution is 5.15. The van der Waals surface area contributed by atoms with Crippen LogP contribution in [0.5, 0.6) is 0 Å². The molecule has 12 heavy (non-hydrogen) atoms. The van der Waals surface area contributed by atoms with Crippen LogP contribution in [-0.2, 0) is 0 Å². The summed E-state index contributed by atoms with van der Waals surface area (Å²) in [4.78, 5) is 0. The summed E-state index contributed by atoms with van der Waals surface area (Å²) in [6.45, 7) is 6.40. The monoisotopic (exact) mass is 168 g/mol. The summed E-state index contributed by atoms with van der Waals surface area (Å²) in [5, 5.41) is 9.06. The van der Waals surface area contributed by atoms with Crippen molar-refractivity contribution in [2.45, 2.75) is 26.9 Å². The molecule has 0 bridgehead atoms. The molecular formula is C9H16N2O. The first-order chi connectivity index (χ1) is 5.61. The molecule has 0 aliphatic rings. The van der Waals surface area contributed by atoms with Crippen LogP contribution in [0.25, 0.3) is 0 Å². The molecule has 0 spiro atoms. The summed E-state index contributed by atoms with van der Waals surface area (Å²) in [5.41, 5.74) is 5.45. The molecule has 0 saturated heterocycles. The van der Waals surface area contributed by atoms with Gasteiger partial charge in [0.15, 0.2) is 0 Å². The smallest absolute Gasteiger partial charge is 0.0700 e. The van der Waals surface area contributed by atoms with Crippen molar-refractivity contribution in [1.82, 2.24) is 4.68 Å². The van der Waals surface area contributed by atoms with Gasteiger partial charge in [-0.1, -0.05) is 0 Å². The maximum atomic E-state index is 9.06. The number of aryl methyl sites for hydroxylation is 2. The molecule has 0 saturated carbocycles. The number of nitrogens with zero attached hydrogens (tertiary/aromatic N) is 1. The number of nitrogens with one attached hydrogen (secondary N) is 1. The first-order valence-corrected chi connectivity index (χ1v) is 4.18. The first kappa shape index (κ1) is 9.13. The van der Waals surface area contributed by atoms with Crippen molar-refractivity contribution in [3.63, 3.8) is 0 Å². The minimum atomic E-state index is -0.314. The molecular weight excluding hydrogens is 152 g/mol. The summed E-state index contributed by atoms with van der Waals surface area (Å²) in [7, 11) is 0. The van der Waals surface area contributed by atoms with Crippen LogP contribution in [0.3, 0.4) is 0 Å². The predicted molar refractivity (Wildman–Crippen MR) is 49.8 cm³/mol. The molecule has 1 unspecified atom stereocenters. The molecule has 1 rings (SSSR count). The van der Waals surface area contributed by atoms with Crippen LogP contribution in [-0.4, -0.2) is 22.4 Å². The lowest BCUT2D eigenvalue weighted by molar-refractivity contribution is 0.204. The summed E-state index contributed by atoms with van der Waals surface area (Å²) in [5.74, 6) is 0. The van der Waals surface area contributed by atoms with Crippen molar-refractivity contribution in [2.24, 2.45) is 0 Å². The Kier molecular flexibility index (Phi) is 2.76. The van der Waals surface area contributed by atoms with Crippen LogP contribution in [0.2, 0.25) is 0 Å².